The van der Waals surface area contributed by atoms with Crippen LogP contribution in [-0.2, 0) is 0 Å². The minimum atomic E-state index is 0.744. The van der Waals surface area contributed by atoms with E-state index in [-0.39, 0.29) is 0 Å². The summed E-state index contributed by atoms with van der Waals surface area (Å²) in [6.45, 7) is 4.22. The zero-order valence-corrected chi connectivity index (χ0v) is 11.2. The van der Waals surface area contributed by atoms with Crippen molar-refractivity contribution in [3.8, 4) is 5.69 Å². The molecule has 2 aromatic carbocycles. The van der Waals surface area contributed by atoms with Gasteiger partial charge in [-0.1, -0.05) is 30.3 Å². The van der Waals surface area contributed by atoms with E-state index in [0.717, 1.165) is 21.5 Å². The van der Waals surface area contributed by atoms with Gasteiger partial charge < -0.3 is 4.98 Å². The first kappa shape index (κ1) is 11.2. The lowest BCUT2D eigenvalue weighted by Gasteiger charge is -2.09. The zero-order chi connectivity index (χ0) is 12.7. The molecule has 2 nitrogen and oxygen atoms in total. The number of aryl methyl sites for hydroxylation is 2. The summed E-state index contributed by atoms with van der Waals surface area (Å²) in [6, 6.07) is 14.5. The molecule has 18 heavy (non-hydrogen) atoms. The highest BCUT2D eigenvalue weighted by Gasteiger charge is 2.09. The van der Waals surface area contributed by atoms with E-state index in [1.807, 2.05) is 18.2 Å². The average Bonchev–Trinajstić information content (AvgIpc) is 2.68. The summed E-state index contributed by atoms with van der Waals surface area (Å²) in [6.07, 6.45) is 0. The second-order valence-electron chi connectivity index (χ2n) is 4.52. The number of rotatable bonds is 1. The topological polar surface area (TPSA) is 20.7 Å². The number of fused-ring (bicyclic) bond motifs is 1. The van der Waals surface area contributed by atoms with Crippen molar-refractivity contribution in [3.63, 3.8) is 0 Å². The quantitative estimate of drug-likeness (QED) is 0.642. The molecule has 0 unspecified atom stereocenters. The number of para-hydroxylation sites is 2. The van der Waals surface area contributed by atoms with Gasteiger partial charge in [0.05, 0.1) is 16.7 Å². The van der Waals surface area contributed by atoms with E-state index in [2.05, 4.69) is 47.7 Å². The Morgan fingerprint density at radius 1 is 0.944 bits per heavy atom. The van der Waals surface area contributed by atoms with Gasteiger partial charge in [-0.2, -0.15) is 0 Å². The second kappa shape index (κ2) is 4.10. The molecule has 90 valence electrons. The second-order valence-corrected chi connectivity index (χ2v) is 4.91. The third-order valence-corrected chi connectivity index (χ3v) is 3.55. The third kappa shape index (κ3) is 1.59. The summed E-state index contributed by atoms with van der Waals surface area (Å²) in [4.78, 5) is 3.27. The van der Waals surface area contributed by atoms with Crippen LogP contribution < -0.4 is 0 Å². The van der Waals surface area contributed by atoms with E-state index in [4.69, 9.17) is 12.2 Å². The van der Waals surface area contributed by atoms with Crippen molar-refractivity contribution in [1.29, 1.82) is 0 Å². The summed E-state index contributed by atoms with van der Waals surface area (Å²) < 4.78 is 2.86. The van der Waals surface area contributed by atoms with E-state index in [0.29, 0.717) is 0 Å². The highest BCUT2D eigenvalue weighted by atomic mass is 32.1. The number of nitrogens with zero attached hydrogens (tertiary/aromatic N) is 1. The number of nitrogens with one attached hydrogen (secondary N) is 1. The predicted octanol–water partition coefficient (Wildman–Crippen LogP) is 4.30. The van der Waals surface area contributed by atoms with Crippen molar-refractivity contribution in [3.05, 3.63) is 58.4 Å². The summed E-state index contributed by atoms with van der Waals surface area (Å²) in [5, 5.41) is 0. The molecule has 0 aliphatic carbocycles. The Labute approximate surface area is 111 Å². The van der Waals surface area contributed by atoms with E-state index < -0.39 is 0 Å². The van der Waals surface area contributed by atoms with Gasteiger partial charge in [0.15, 0.2) is 4.77 Å². The van der Waals surface area contributed by atoms with Gasteiger partial charge in [0.1, 0.15) is 0 Å². The third-order valence-electron chi connectivity index (χ3n) is 3.26. The van der Waals surface area contributed by atoms with Crippen LogP contribution in [0.5, 0.6) is 0 Å². The monoisotopic (exact) mass is 254 g/mol. The molecule has 0 saturated heterocycles. The van der Waals surface area contributed by atoms with Crippen LogP contribution in [0, 0.1) is 18.6 Å². The molecule has 0 atom stereocenters. The largest absolute Gasteiger partial charge is 0.330 e. The maximum atomic E-state index is 5.46. The smallest absolute Gasteiger partial charge is 0.182 e. The van der Waals surface area contributed by atoms with Crippen LogP contribution in [0.1, 0.15) is 11.1 Å². The molecule has 0 radical (unpaired) electrons. The number of aromatic amines is 1. The molecule has 3 heteroatoms. The fourth-order valence-electron chi connectivity index (χ4n) is 2.37. The molecule has 0 aliphatic rings. The molecule has 1 aromatic heterocycles. The van der Waals surface area contributed by atoms with Gasteiger partial charge in [-0.15, -0.1) is 0 Å². The first-order valence-corrected chi connectivity index (χ1v) is 6.35. The molecule has 0 bridgehead atoms. The van der Waals surface area contributed by atoms with Gasteiger partial charge in [0.25, 0.3) is 0 Å². The highest BCUT2D eigenvalue weighted by Crippen LogP contribution is 2.24. The minimum absolute atomic E-state index is 0.744. The van der Waals surface area contributed by atoms with Crippen molar-refractivity contribution >= 4 is 23.3 Å². The first-order chi connectivity index (χ1) is 8.68. The van der Waals surface area contributed by atoms with Crippen molar-refractivity contribution in [2.75, 3.05) is 0 Å². The molecule has 0 spiro atoms. The van der Waals surface area contributed by atoms with E-state index in [9.17, 15) is 0 Å². The summed E-state index contributed by atoms with van der Waals surface area (Å²) >= 11 is 5.46. The molecule has 1 heterocycles. The average molecular weight is 254 g/mol. The Morgan fingerprint density at radius 3 is 2.44 bits per heavy atom. The fraction of sp³-hybridized carbons (Fsp3) is 0.133. The van der Waals surface area contributed by atoms with Gasteiger partial charge in [-0.05, 0) is 49.3 Å². The lowest BCUT2D eigenvalue weighted by atomic mass is 10.1. The van der Waals surface area contributed by atoms with Crippen LogP contribution in [0.2, 0.25) is 0 Å². The number of hydrogen-bond acceptors (Lipinski definition) is 1. The molecule has 3 aromatic rings. The van der Waals surface area contributed by atoms with Crippen molar-refractivity contribution in [2.45, 2.75) is 13.8 Å². The summed E-state index contributed by atoms with van der Waals surface area (Å²) in [5.74, 6) is 0. The molecule has 0 amide bonds. The number of aromatic nitrogens is 2. The van der Waals surface area contributed by atoms with Gasteiger partial charge in [0, 0.05) is 0 Å². The lowest BCUT2D eigenvalue weighted by Crippen LogP contribution is -1.97. The summed E-state index contributed by atoms with van der Waals surface area (Å²) in [5.41, 5.74) is 5.84. The number of hydrogen-bond donors (Lipinski definition) is 1. The Morgan fingerprint density at radius 2 is 1.67 bits per heavy atom. The normalized spacial score (nSPS) is 11.0. The first-order valence-electron chi connectivity index (χ1n) is 5.95. The standard InChI is InChI=1S/C15H14N2S/c1-10-6-3-4-9-13(10)17-14-11(2)7-5-8-12(14)16-15(17)18/h3-9H,1-2H3,(H,16,18). The Hall–Kier alpha value is -1.87. The number of benzene rings is 2. The molecule has 0 fully saturated rings. The van der Waals surface area contributed by atoms with Gasteiger partial charge >= 0.3 is 0 Å². The zero-order valence-electron chi connectivity index (χ0n) is 10.4. The van der Waals surface area contributed by atoms with Crippen molar-refractivity contribution < 1.29 is 0 Å². The predicted molar refractivity (Wildman–Crippen MR) is 77.9 cm³/mol. The van der Waals surface area contributed by atoms with Crippen LogP contribution in [-0.4, -0.2) is 9.55 Å². The lowest BCUT2D eigenvalue weighted by molar-refractivity contribution is 1.04. The van der Waals surface area contributed by atoms with Crippen molar-refractivity contribution in [1.82, 2.24) is 9.55 Å². The Bertz CT molecular complexity index is 781. The fourth-order valence-corrected chi connectivity index (χ4v) is 2.67. The summed E-state index contributed by atoms with van der Waals surface area (Å²) in [7, 11) is 0. The van der Waals surface area contributed by atoms with Crippen LogP contribution in [0.15, 0.2) is 42.5 Å². The van der Waals surface area contributed by atoms with E-state index in [1.54, 1.807) is 0 Å². The maximum absolute atomic E-state index is 5.46. The van der Waals surface area contributed by atoms with Crippen molar-refractivity contribution in [2.24, 2.45) is 0 Å². The minimum Gasteiger partial charge on any atom is -0.330 e. The van der Waals surface area contributed by atoms with E-state index >= 15 is 0 Å². The Balaban J connectivity index is 2.47. The molecule has 3 rings (SSSR count). The molecule has 0 saturated carbocycles. The van der Waals surface area contributed by atoms with Crippen LogP contribution in [0.3, 0.4) is 0 Å². The van der Waals surface area contributed by atoms with Gasteiger partial charge in [-0.25, -0.2) is 0 Å². The van der Waals surface area contributed by atoms with Gasteiger partial charge in [-0.3, -0.25) is 4.57 Å². The van der Waals surface area contributed by atoms with Gasteiger partial charge in [0.2, 0.25) is 0 Å². The Kier molecular flexibility index (Phi) is 2.56. The molecule has 0 aliphatic heterocycles. The van der Waals surface area contributed by atoms with E-state index in [1.165, 1.54) is 11.1 Å². The SMILES string of the molecule is Cc1ccccc1-n1c(=S)[nH]c2cccc(C)c21. The molecule has 1 N–H and O–H groups in total. The molecular formula is C15H14N2S. The number of imidazole rings is 1. The van der Waals surface area contributed by atoms with Crippen LogP contribution in [0.4, 0.5) is 0 Å². The van der Waals surface area contributed by atoms with Crippen LogP contribution >= 0.6 is 12.2 Å². The molecular weight excluding hydrogens is 240 g/mol. The highest BCUT2D eigenvalue weighted by molar-refractivity contribution is 7.71. The maximum Gasteiger partial charge on any atom is 0.182 e. The van der Waals surface area contributed by atoms with Crippen LogP contribution in [0.25, 0.3) is 16.7 Å². The number of H-pyrrole nitrogens is 1.